The van der Waals surface area contributed by atoms with E-state index in [0.29, 0.717) is 29.8 Å². The molecule has 34 heavy (non-hydrogen) atoms. The van der Waals surface area contributed by atoms with Gasteiger partial charge in [-0.15, -0.1) is 0 Å². The minimum Gasteiger partial charge on any atom is -0.389 e. The summed E-state index contributed by atoms with van der Waals surface area (Å²) in [5.41, 5.74) is 6.81. The van der Waals surface area contributed by atoms with Crippen LogP contribution in [0.25, 0.3) is 10.6 Å². The highest BCUT2D eigenvalue weighted by atomic mass is 32.1. The molecule has 2 atom stereocenters. The van der Waals surface area contributed by atoms with E-state index in [1.807, 2.05) is 0 Å². The first-order valence-corrected chi connectivity index (χ1v) is 11.9. The van der Waals surface area contributed by atoms with Crippen molar-refractivity contribution >= 4 is 33.8 Å². The van der Waals surface area contributed by atoms with Gasteiger partial charge in [0.15, 0.2) is 11.5 Å². The Kier molecular flexibility index (Phi) is 6.19. The van der Waals surface area contributed by atoms with Gasteiger partial charge in [-0.05, 0) is 31.9 Å². The van der Waals surface area contributed by atoms with Crippen LogP contribution in [0.1, 0.15) is 29.0 Å². The molecule has 3 aromatic rings. The molecule has 12 heteroatoms. The van der Waals surface area contributed by atoms with Crippen LogP contribution in [0.3, 0.4) is 0 Å². The summed E-state index contributed by atoms with van der Waals surface area (Å²) < 4.78 is 34.3. The van der Waals surface area contributed by atoms with Crippen molar-refractivity contribution in [1.29, 1.82) is 0 Å². The van der Waals surface area contributed by atoms with Crippen LogP contribution in [0.4, 0.5) is 25.3 Å². The molecule has 2 aliphatic rings. The van der Waals surface area contributed by atoms with E-state index >= 15 is 0 Å². The van der Waals surface area contributed by atoms with Crippen molar-refractivity contribution in [1.82, 2.24) is 20.5 Å². The van der Waals surface area contributed by atoms with E-state index in [2.05, 4.69) is 30.7 Å². The highest BCUT2D eigenvalue weighted by molar-refractivity contribution is 7.19. The Hall–Kier alpha value is -3.09. The molecule has 2 aliphatic heterocycles. The number of anilines is 3. The second kappa shape index (κ2) is 9.28. The molecule has 5 N–H and O–H groups in total. The molecule has 2 unspecified atom stereocenters. The highest BCUT2D eigenvalue weighted by Crippen LogP contribution is 2.35. The minimum atomic E-state index is -0.770. The number of H-pyrrole nitrogens is 1. The predicted molar refractivity (Wildman–Crippen MR) is 126 cm³/mol. The molecule has 9 nitrogen and oxygen atoms in total. The smallest absolute Gasteiger partial charge is 0.277 e. The molecule has 2 aromatic heterocycles. The van der Waals surface area contributed by atoms with Crippen molar-refractivity contribution in [2.24, 2.45) is 0 Å². The van der Waals surface area contributed by atoms with Crippen molar-refractivity contribution in [2.45, 2.75) is 31.9 Å². The van der Waals surface area contributed by atoms with E-state index in [9.17, 15) is 13.6 Å². The van der Waals surface area contributed by atoms with Gasteiger partial charge in [0.2, 0.25) is 0 Å². The van der Waals surface area contributed by atoms with Crippen LogP contribution in [0.15, 0.2) is 18.2 Å². The number of morpholine rings is 1. The van der Waals surface area contributed by atoms with Gasteiger partial charge in [-0.25, -0.2) is 13.8 Å². The number of ether oxygens (including phenoxy) is 1. The average Bonchev–Trinajstić information content (AvgIpc) is 3.28. The molecule has 180 valence electrons. The van der Waals surface area contributed by atoms with Crippen molar-refractivity contribution in [3.05, 3.63) is 41.2 Å². The number of amides is 1. The summed E-state index contributed by atoms with van der Waals surface area (Å²) in [5.74, 6) is -1.49. The number of fused-ring (bicyclic) bond motifs is 1. The maximum absolute atomic E-state index is 14.2. The van der Waals surface area contributed by atoms with Crippen LogP contribution in [0, 0.1) is 18.6 Å². The van der Waals surface area contributed by atoms with Crippen LogP contribution >= 0.6 is 11.3 Å². The summed E-state index contributed by atoms with van der Waals surface area (Å²) in [6.07, 6.45) is 1.89. The number of nitrogens with two attached hydrogens (primary N) is 1. The van der Waals surface area contributed by atoms with E-state index in [1.54, 1.807) is 6.92 Å². The highest BCUT2D eigenvalue weighted by Gasteiger charge is 2.31. The first-order chi connectivity index (χ1) is 16.4. The molecule has 4 heterocycles. The predicted octanol–water partition coefficient (Wildman–Crippen LogP) is 2.91. The van der Waals surface area contributed by atoms with Crippen LogP contribution in [0.5, 0.6) is 0 Å². The average molecular weight is 490 g/mol. The lowest BCUT2D eigenvalue weighted by atomic mass is 10.1. The summed E-state index contributed by atoms with van der Waals surface area (Å²) in [6.45, 7) is 4.83. The lowest BCUT2D eigenvalue weighted by Gasteiger charge is -2.30. The third-order valence-corrected chi connectivity index (χ3v) is 7.10. The maximum Gasteiger partial charge on any atom is 0.277 e. The second-order valence-corrected chi connectivity index (χ2v) is 9.39. The standard InChI is InChI=1S/C22H25F2N7O2S/c1-11-17(20(30-29-11)31-8-5-14-15(6-9-31)33-10-7-26-14)27-21(32)18-19(25)34-22(28-18)16-12(23)3-2-4-13(16)24/h2-4,14-15,26H,5-10,25H2,1H3,(H,27,32)(H,29,30). The van der Waals surface area contributed by atoms with Crippen molar-refractivity contribution < 1.29 is 18.3 Å². The number of nitrogens with one attached hydrogen (secondary N) is 3. The molecule has 0 saturated carbocycles. The van der Waals surface area contributed by atoms with Crippen molar-refractivity contribution in [3.8, 4) is 10.6 Å². The zero-order valence-corrected chi connectivity index (χ0v) is 19.3. The van der Waals surface area contributed by atoms with Crippen LogP contribution in [-0.4, -0.2) is 59.5 Å². The lowest BCUT2D eigenvalue weighted by Crippen LogP contribution is -2.48. The van der Waals surface area contributed by atoms with Gasteiger partial charge in [0, 0.05) is 25.7 Å². The van der Waals surface area contributed by atoms with E-state index in [0.717, 1.165) is 55.9 Å². The normalized spacial score (nSPS) is 20.6. The van der Waals surface area contributed by atoms with Crippen molar-refractivity contribution in [3.63, 3.8) is 0 Å². The number of aromatic amines is 1. The number of thiazole rings is 1. The van der Waals surface area contributed by atoms with E-state index < -0.39 is 17.5 Å². The van der Waals surface area contributed by atoms with Crippen LogP contribution in [0.2, 0.25) is 0 Å². The Labute approximate surface area is 198 Å². The number of halogens is 2. The molecule has 0 aliphatic carbocycles. The van der Waals surface area contributed by atoms with Gasteiger partial charge in [0.25, 0.3) is 5.91 Å². The van der Waals surface area contributed by atoms with Gasteiger partial charge < -0.3 is 26.0 Å². The van der Waals surface area contributed by atoms with E-state index in [4.69, 9.17) is 10.5 Å². The zero-order chi connectivity index (χ0) is 23.8. The van der Waals surface area contributed by atoms with Gasteiger partial charge >= 0.3 is 0 Å². The second-order valence-electron chi connectivity index (χ2n) is 8.36. The fourth-order valence-electron chi connectivity index (χ4n) is 4.45. The molecular formula is C22H25F2N7O2S. The van der Waals surface area contributed by atoms with Gasteiger partial charge in [0.1, 0.15) is 27.3 Å². The molecule has 1 aromatic carbocycles. The fraction of sp³-hybridized carbons (Fsp3) is 0.409. The number of carbonyl (C=O) groups is 1. The zero-order valence-electron chi connectivity index (χ0n) is 18.5. The Morgan fingerprint density at radius 3 is 2.85 bits per heavy atom. The third-order valence-electron chi connectivity index (χ3n) is 6.19. The minimum absolute atomic E-state index is 0.00464. The fourth-order valence-corrected chi connectivity index (χ4v) is 5.32. The molecular weight excluding hydrogens is 464 g/mol. The summed E-state index contributed by atoms with van der Waals surface area (Å²) in [4.78, 5) is 19.4. The topological polar surface area (TPSA) is 121 Å². The third kappa shape index (κ3) is 4.24. The van der Waals surface area contributed by atoms with E-state index in [-0.39, 0.29) is 27.4 Å². The number of hydrogen-bond donors (Lipinski definition) is 4. The first-order valence-electron chi connectivity index (χ1n) is 11.1. The number of nitrogens with zero attached hydrogens (tertiary/aromatic N) is 3. The number of carbonyl (C=O) groups excluding carboxylic acids is 1. The SMILES string of the molecule is Cc1[nH]nc(N2CCC3NCCOC3CC2)c1NC(=O)c1nc(-c2c(F)cccc2F)sc1N. The quantitative estimate of drug-likeness (QED) is 0.445. The molecule has 1 amide bonds. The molecule has 2 fully saturated rings. The van der Waals surface area contributed by atoms with Gasteiger partial charge in [0.05, 0.1) is 24.0 Å². The largest absolute Gasteiger partial charge is 0.389 e. The Morgan fingerprint density at radius 2 is 2.06 bits per heavy atom. The summed E-state index contributed by atoms with van der Waals surface area (Å²) in [6, 6.07) is 3.83. The maximum atomic E-state index is 14.2. The van der Waals surface area contributed by atoms with Crippen LogP contribution < -0.4 is 21.3 Å². The summed E-state index contributed by atoms with van der Waals surface area (Å²) in [5, 5.41) is 13.8. The van der Waals surface area contributed by atoms with Crippen LogP contribution in [-0.2, 0) is 4.74 Å². The Balaban J connectivity index is 1.37. The lowest BCUT2D eigenvalue weighted by molar-refractivity contribution is -0.00476. The molecule has 5 rings (SSSR count). The number of aromatic nitrogens is 3. The number of nitrogen functional groups attached to an aromatic ring is 1. The summed E-state index contributed by atoms with van der Waals surface area (Å²) in [7, 11) is 0. The van der Waals surface area contributed by atoms with Crippen molar-refractivity contribution in [2.75, 3.05) is 42.2 Å². The molecule has 2 saturated heterocycles. The number of aryl methyl sites for hydroxylation is 1. The van der Waals surface area contributed by atoms with Gasteiger partial charge in [-0.2, -0.15) is 5.10 Å². The van der Waals surface area contributed by atoms with Gasteiger partial charge in [-0.1, -0.05) is 17.4 Å². The number of hydrogen-bond acceptors (Lipinski definition) is 8. The Bertz CT molecular complexity index is 1180. The first kappa shape index (κ1) is 22.7. The summed E-state index contributed by atoms with van der Waals surface area (Å²) >= 11 is 0.858. The van der Waals surface area contributed by atoms with E-state index in [1.165, 1.54) is 6.07 Å². The Morgan fingerprint density at radius 1 is 1.29 bits per heavy atom. The molecule has 0 spiro atoms. The number of rotatable bonds is 4. The van der Waals surface area contributed by atoms with Gasteiger partial charge in [-0.3, -0.25) is 9.89 Å². The number of benzene rings is 1. The molecule has 0 radical (unpaired) electrons. The monoisotopic (exact) mass is 489 g/mol. The molecule has 0 bridgehead atoms.